The first-order chi connectivity index (χ1) is 15.2. The normalized spacial score (nSPS) is 13.9. The van der Waals surface area contributed by atoms with Crippen LogP contribution in [0.3, 0.4) is 0 Å². The smallest absolute Gasteiger partial charge is 0.269 e. The van der Waals surface area contributed by atoms with Crippen LogP contribution in [0, 0.1) is 0 Å². The van der Waals surface area contributed by atoms with E-state index in [0.717, 1.165) is 31.2 Å². The number of nitrogens with one attached hydrogen (secondary N) is 1. The van der Waals surface area contributed by atoms with Gasteiger partial charge in [-0.2, -0.15) is 4.98 Å². The van der Waals surface area contributed by atoms with Gasteiger partial charge in [-0.1, -0.05) is 36.6 Å². The van der Waals surface area contributed by atoms with E-state index in [9.17, 15) is 9.59 Å². The van der Waals surface area contributed by atoms with E-state index < -0.39 is 0 Å². The highest BCUT2D eigenvalue weighted by Crippen LogP contribution is 2.30. The second-order valence-electron chi connectivity index (χ2n) is 8.31. The van der Waals surface area contributed by atoms with E-state index in [1.165, 1.54) is 6.20 Å². The van der Waals surface area contributed by atoms with Gasteiger partial charge in [-0.05, 0) is 37.6 Å². The van der Waals surface area contributed by atoms with Crippen LogP contribution in [0.25, 0.3) is 0 Å². The highest BCUT2D eigenvalue weighted by molar-refractivity contribution is 6.32. The first-order valence-corrected chi connectivity index (χ1v) is 11.0. The predicted octanol–water partition coefficient (Wildman–Crippen LogP) is 2.33. The van der Waals surface area contributed by atoms with Gasteiger partial charge in [0.05, 0.1) is 18.8 Å². The number of hydrogen-bond donors (Lipinski definition) is 2. The van der Waals surface area contributed by atoms with Crippen molar-refractivity contribution in [3.8, 4) is 0 Å². The minimum absolute atomic E-state index is 0.0412. The van der Waals surface area contributed by atoms with Crippen molar-refractivity contribution in [1.82, 2.24) is 25.2 Å². The van der Waals surface area contributed by atoms with Crippen LogP contribution in [0.15, 0.2) is 30.5 Å². The molecule has 0 radical (unpaired) electrons. The Morgan fingerprint density at radius 3 is 2.44 bits per heavy atom. The Morgan fingerprint density at radius 1 is 1.16 bits per heavy atom. The molecule has 3 rings (SSSR count). The number of carbonyl (C=O) groups excluding carboxylic acids is 2. The van der Waals surface area contributed by atoms with Gasteiger partial charge in [0, 0.05) is 26.2 Å². The number of aromatic nitrogens is 2. The second kappa shape index (κ2) is 10.6. The predicted molar refractivity (Wildman–Crippen MR) is 125 cm³/mol. The van der Waals surface area contributed by atoms with Crippen molar-refractivity contribution in [2.75, 3.05) is 38.4 Å². The number of halogens is 1. The highest BCUT2D eigenvalue weighted by atomic mass is 35.5. The molecule has 0 saturated heterocycles. The summed E-state index contributed by atoms with van der Waals surface area (Å²) in [4.78, 5) is 36.5. The van der Waals surface area contributed by atoms with Crippen molar-refractivity contribution in [3.05, 3.63) is 46.6 Å². The molecule has 10 heteroatoms. The molecule has 0 atom stereocenters. The maximum Gasteiger partial charge on any atom is 0.269 e. The standard InChI is InChI=1S/C22H30ClN7O2/c1-28(2)19(31)14-29(3)13-15-8-10-16(11-9-15)21(32)27-30(17-6-4-5-7-17)20-18(23)12-25-22(24)26-20/h8-12,17H,4-7,13-14H2,1-3H3,(H,27,32)(H2,24,25,26). The number of anilines is 2. The summed E-state index contributed by atoms with van der Waals surface area (Å²) in [6.45, 7) is 0.930. The molecule has 0 unspecified atom stereocenters. The molecule has 1 aromatic carbocycles. The third-order valence-corrected chi connectivity index (χ3v) is 5.72. The van der Waals surface area contributed by atoms with Gasteiger partial charge < -0.3 is 10.6 Å². The Morgan fingerprint density at radius 2 is 1.81 bits per heavy atom. The van der Waals surface area contributed by atoms with Gasteiger partial charge in [-0.25, -0.2) is 4.98 Å². The van der Waals surface area contributed by atoms with Crippen LogP contribution >= 0.6 is 11.6 Å². The van der Waals surface area contributed by atoms with E-state index in [1.807, 2.05) is 24.1 Å². The van der Waals surface area contributed by atoms with Gasteiger partial charge in [0.1, 0.15) is 5.02 Å². The molecule has 1 aliphatic carbocycles. The van der Waals surface area contributed by atoms with Crippen LogP contribution in [0.2, 0.25) is 5.02 Å². The van der Waals surface area contributed by atoms with E-state index in [0.29, 0.717) is 29.5 Å². The molecule has 1 saturated carbocycles. The molecular weight excluding hydrogens is 430 g/mol. The Hall–Kier alpha value is -2.91. The van der Waals surface area contributed by atoms with Crippen LogP contribution in [0.1, 0.15) is 41.6 Å². The lowest BCUT2D eigenvalue weighted by Crippen LogP contribution is -2.48. The molecule has 2 aromatic rings. The van der Waals surface area contributed by atoms with Gasteiger partial charge in [0.25, 0.3) is 5.91 Å². The minimum atomic E-state index is -0.257. The number of hydrogen-bond acceptors (Lipinski definition) is 7. The monoisotopic (exact) mass is 459 g/mol. The average molecular weight is 460 g/mol. The van der Waals surface area contributed by atoms with E-state index in [4.69, 9.17) is 17.3 Å². The average Bonchev–Trinajstić information content (AvgIpc) is 3.28. The second-order valence-corrected chi connectivity index (χ2v) is 8.71. The van der Waals surface area contributed by atoms with E-state index in [-0.39, 0.29) is 23.8 Å². The van der Waals surface area contributed by atoms with Gasteiger partial charge in [-0.15, -0.1) is 0 Å². The molecule has 2 amide bonds. The molecule has 1 aromatic heterocycles. The molecule has 172 valence electrons. The van der Waals surface area contributed by atoms with Crippen LogP contribution in [-0.4, -0.2) is 65.3 Å². The number of likely N-dealkylation sites (N-methyl/N-ethyl adjacent to an activating group) is 2. The first-order valence-electron chi connectivity index (χ1n) is 10.6. The first kappa shape index (κ1) is 23.7. The zero-order valence-electron chi connectivity index (χ0n) is 18.7. The summed E-state index contributed by atoms with van der Waals surface area (Å²) in [6, 6.07) is 7.42. The zero-order chi connectivity index (χ0) is 23.3. The van der Waals surface area contributed by atoms with Gasteiger partial charge in [0.15, 0.2) is 5.82 Å². The molecule has 3 N–H and O–H groups in total. The summed E-state index contributed by atoms with van der Waals surface area (Å²) < 4.78 is 0. The van der Waals surface area contributed by atoms with Crippen molar-refractivity contribution < 1.29 is 9.59 Å². The summed E-state index contributed by atoms with van der Waals surface area (Å²) >= 11 is 6.32. The van der Waals surface area contributed by atoms with Crippen LogP contribution in [-0.2, 0) is 11.3 Å². The number of nitrogen functional groups attached to an aromatic ring is 1. The molecule has 0 aliphatic heterocycles. The van der Waals surface area contributed by atoms with Crippen molar-refractivity contribution in [2.45, 2.75) is 38.3 Å². The summed E-state index contributed by atoms with van der Waals surface area (Å²) in [7, 11) is 5.36. The number of carbonyl (C=O) groups is 2. The molecule has 32 heavy (non-hydrogen) atoms. The minimum Gasteiger partial charge on any atom is -0.368 e. The molecule has 1 heterocycles. The fourth-order valence-corrected chi connectivity index (χ4v) is 3.88. The van der Waals surface area contributed by atoms with Gasteiger partial charge in [0.2, 0.25) is 11.9 Å². The summed E-state index contributed by atoms with van der Waals surface area (Å²) in [5, 5.41) is 2.06. The number of rotatable bonds is 8. The number of nitrogens with zero attached hydrogens (tertiary/aromatic N) is 5. The number of amides is 2. The Labute approximate surface area is 193 Å². The van der Waals surface area contributed by atoms with Crippen LogP contribution in [0.5, 0.6) is 0 Å². The van der Waals surface area contributed by atoms with E-state index in [2.05, 4.69) is 15.4 Å². The van der Waals surface area contributed by atoms with Gasteiger partial charge in [-0.3, -0.25) is 24.9 Å². The zero-order valence-corrected chi connectivity index (χ0v) is 19.5. The molecule has 1 aliphatic rings. The molecular formula is C22H30ClN7O2. The number of benzene rings is 1. The maximum absolute atomic E-state index is 13.0. The maximum atomic E-state index is 13.0. The lowest BCUT2D eigenvalue weighted by molar-refractivity contribution is -0.129. The number of nitrogens with two attached hydrogens (primary N) is 1. The lowest BCUT2D eigenvalue weighted by atomic mass is 10.1. The third-order valence-electron chi connectivity index (χ3n) is 5.46. The fourth-order valence-electron chi connectivity index (χ4n) is 3.70. The van der Waals surface area contributed by atoms with Crippen LogP contribution < -0.4 is 16.2 Å². The third kappa shape index (κ3) is 6.08. The topological polar surface area (TPSA) is 108 Å². The molecule has 1 fully saturated rings. The summed E-state index contributed by atoms with van der Waals surface area (Å²) in [5.74, 6) is 0.290. The Balaban J connectivity index is 1.70. The van der Waals surface area contributed by atoms with E-state index >= 15 is 0 Å². The van der Waals surface area contributed by atoms with Crippen molar-refractivity contribution in [2.24, 2.45) is 0 Å². The summed E-state index contributed by atoms with van der Waals surface area (Å²) in [6.07, 6.45) is 5.45. The van der Waals surface area contributed by atoms with Crippen molar-refractivity contribution >= 4 is 35.2 Å². The lowest BCUT2D eigenvalue weighted by Gasteiger charge is -2.30. The van der Waals surface area contributed by atoms with Crippen molar-refractivity contribution in [1.29, 1.82) is 0 Å². The number of hydrazine groups is 1. The van der Waals surface area contributed by atoms with E-state index in [1.54, 1.807) is 36.1 Å². The highest BCUT2D eigenvalue weighted by Gasteiger charge is 2.28. The largest absolute Gasteiger partial charge is 0.368 e. The Kier molecular flexibility index (Phi) is 7.87. The van der Waals surface area contributed by atoms with Crippen molar-refractivity contribution in [3.63, 3.8) is 0 Å². The summed E-state index contributed by atoms with van der Waals surface area (Å²) in [5.41, 5.74) is 10.2. The van der Waals surface area contributed by atoms with Gasteiger partial charge >= 0.3 is 0 Å². The quantitative estimate of drug-likeness (QED) is 0.583. The molecule has 0 spiro atoms. The fraction of sp³-hybridized carbons (Fsp3) is 0.455. The SMILES string of the molecule is CN(CC(=O)N(C)C)Cc1ccc(C(=O)NN(c2nc(N)ncc2Cl)C2CCCC2)cc1. The molecule has 9 nitrogen and oxygen atoms in total. The molecule has 0 bridgehead atoms. The van der Waals surface area contributed by atoms with Crippen LogP contribution in [0.4, 0.5) is 11.8 Å². The Bertz CT molecular complexity index is 946.